The molecule has 4 rings (SSSR count). The molecular formula is C26H26N2O5S. The van der Waals surface area contributed by atoms with Crippen LogP contribution >= 0.6 is 11.3 Å². The van der Waals surface area contributed by atoms with Crippen molar-refractivity contribution in [1.82, 2.24) is 10.6 Å². The van der Waals surface area contributed by atoms with Gasteiger partial charge in [0.25, 0.3) is 0 Å². The number of hydrogen-bond acceptors (Lipinski definition) is 5. The highest BCUT2D eigenvalue weighted by Crippen LogP contribution is 2.44. The second kappa shape index (κ2) is 10.5. The molecule has 0 fully saturated rings. The molecule has 176 valence electrons. The topological polar surface area (TPSA) is 105 Å². The lowest BCUT2D eigenvalue weighted by atomic mass is 9.98. The van der Waals surface area contributed by atoms with Crippen LogP contribution in [-0.4, -0.2) is 41.8 Å². The van der Waals surface area contributed by atoms with Crippen LogP contribution in [0.25, 0.3) is 11.1 Å². The zero-order valence-corrected chi connectivity index (χ0v) is 19.5. The predicted molar refractivity (Wildman–Crippen MR) is 130 cm³/mol. The largest absolute Gasteiger partial charge is 0.481 e. The van der Waals surface area contributed by atoms with E-state index in [9.17, 15) is 19.5 Å². The van der Waals surface area contributed by atoms with Crippen LogP contribution in [0.4, 0.5) is 4.79 Å². The first-order valence-electron chi connectivity index (χ1n) is 11.1. The molecule has 0 aliphatic heterocycles. The lowest BCUT2D eigenvalue weighted by Gasteiger charge is -2.21. The van der Waals surface area contributed by atoms with Crippen molar-refractivity contribution in [2.75, 3.05) is 6.61 Å². The molecule has 3 aromatic rings. The van der Waals surface area contributed by atoms with Crippen molar-refractivity contribution in [2.24, 2.45) is 0 Å². The number of ether oxygens (including phenoxy) is 1. The molecule has 0 saturated heterocycles. The number of aliphatic carboxylic acids is 1. The van der Waals surface area contributed by atoms with E-state index in [1.165, 1.54) is 0 Å². The third-order valence-electron chi connectivity index (χ3n) is 5.84. The molecule has 1 aromatic heterocycles. The molecule has 8 heteroatoms. The van der Waals surface area contributed by atoms with E-state index >= 15 is 0 Å². The molecule has 7 nitrogen and oxygen atoms in total. The molecule has 2 aromatic carbocycles. The summed E-state index contributed by atoms with van der Waals surface area (Å²) in [6.07, 6.45) is -0.755. The normalized spacial score (nSPS) is 13.9. The quantitative estimate of drug-likeness (QED) is 0.428. The van der Waals surface area contributed by atoms with Crippen molar-refractivity contribution in [2.45, 2.75) is 37.8 Å². The van der Waals surface area contributed by atoms with Crippen molar-refractivity contribution in [1.29, 1.82) is 0 Å². The van der Waals surface area contributed by atoms with Crippen LogP contribution in [0.2, 0.25) is 0 Å². The van der Waals surface area contributed by atoms with Gasteiger partial charge < -0.3 is 20.5 Å². The summed E-state index contributed by atoms with van der Waals surface area (Å²) in [4.78, 5) is 36.6. The van der Waals surface area contributed by atoms with Gasteiger partial charge in [0.15, 0.2) is 0 Å². The van der Waals surface area contributed by atoms with E-state index in [4.69, 9.17) is 4.74 Å². The van der Waals surface area contributed by atoms with Crippen molar-refractivity contribution < 1.29 is 24.2 Å². The first-order valence-corrected chi connectivity index (χ1v) is 12.0. The molecule has 1 aliphatic rings. The summed E-state index contributed by atoms with van der Waals surface area (Å²) in [5.74, 6) is -1.88. The van der Waals surface area contributed by atoms with E-state index in [2.05, 4.69) is 10.6 Å². The molecule has 0 radical (unpaired) electrons. The number of carboxylic acid groups (broad SMARTS) is 1. The number of alkyl carbamates (subject to hydrolysis) is 1. The summed E-state index contributed by atoms with van der Waals surface area (Å²) in [6, 6.07) is 16.5. The van der Waals surface area contributed by atoms with Crippen molar-refractivity contribution in [3.05, 3.63) is 82.0 Å². The van der Waals surface area contributed by atoms with Crippen LogP contribution in [0.5, 0.6) is 0 Å². The molecule has 1 heterocycles. The Labute approximate surface area is 201 Å². The molecule has 1 aliphatic carbocycles. The zero-order chi connectivity index (χ0) is 24.1. The maximum atomic E-state index is 12.7. The fraction of sp³-hybridized carbons (Fsp3) is 0.269. The fourth-order valence-corrected chi connectivity index (χ4v) is 5.00. The van der Waals surface area contributed by atoms with Gasteiger partial charge in [0.05, 0.1) is 6.42 Å². The van der Waals surface area contributed by atoms with Gasteiger partial charge in [-0.05, 0) is 58.0 Å². The molecule has 34 heavy (non-hydrogen) atoms. The monoisotopic (exact) mass is 478 g/mol. The summed E-state index contributed by atoms with van der Waals surface area (Å²) in [7, 11) is 0. The van der Waals surface area contributed by atoms with Crippen LogP contribution in [-0.2, 0) is 20.7 Å². The van der Waals surface area contributed by atoms with Crippen LogP contribution in [0.3, 0.4) is 0 Å². The number of hydrogen-bond donors (Lipinski definition) is 3. The predicted octanol–water partition coefficient (Wildman–Crippen LogP) is 4.18. The van der Waals surface area contributed by atoms with Gasteiger partial charge in [-0.25, -0.2) is 4.79 Å². The standard InChI is InChI=1S/C26H26N2O5S/c1-16(12-17-10-11-34-15-17)27-25(31)23(13-24(29)30)28-26(32)33-14-22-20-8-4-2-6-18(20)19-7-3-5-9-21(19)22/h2-11,15-16,22-23H,12-14H2,1H3,(H,27,31)(H,28,32)(H,29,30). The minimum absolute atomic E-state index is 0.0792. The molecular weight excluding hydrogens is 452 g/mol. The molecule has 2 amide bonds. The Morgan fingerprint density at radius 1 is 1.00 bits per heavy atom. The maximum absolute atomic E-state index is 12.7. The molecule has 0 bridgehead atoms. The van der Waals surface area contributed by atoms with Gasteiger partial charge in [-0.1, -0.05) is 48.5 Å². The first-order chi connectivity index (χ1) is 16.4. The number of carbonyl (C=O) groups is 3. The second-order valence-electron chi connectivity index (χ2n) is 8.37. The van der Waals surface area contributed by atoms with E-state index in [1.54, 1.807) is 11.3 Å². The summed E-state index contributed by atoms with van der Waals surface area (Å²) in [5.41, 5.74) is 5.43. The Bertz CT molecular complexity index is 1130. The number of benzene rings is 2. The number of fused-ring (bicyclic) bond motifs is 3. The van der Waals surface area contributed by atoms with Crippen molar-refractivity contribution >= 4 is 29.3 Å². The Hall–Kier alpha value is -3.65. The average Bonchev–Trinajstić information content (AvgIpc) is 3.43. The number of nitrogens with one attached hydrogen (secondary N) is 2. The molecule has 0 spiro atoms. The number of amides is 2. The average molecular weight is 479 g/mol. The molecule has 2 atom stereocenters. The summed E-state index contributed by atoms with van der Waals surface area (Å²) >= 11 is 1.57. The Kier molecular flexibility index (Phi) is 7.27. The highest BCUT2D eigenvalue weighted by atomic mass is 32.1. The maximum Gasteiger partial charge on any atom is 0.407 e. The SMILES string of the molecule is CC(Cc1ccsc1)NC(=O)C(CC(=O)O)NC(=O)OCC1c2ccccc2-c2ccccc21. The Morgan fingerprint density at radius 2 is 1.65 bits per heavy atom. The number of rotatable bonds is 9. The smallest absolute Gasteiger partial charge is 0.407 e. The molecule has 0 saturated carbocycles. The second-order valence-corrected chi connectivity index (χ2v) is 9.15. The van der Waals surface area contributed by atoms with E-state index in [0.29, 0.717) is 6.42 Å². The number of thiophene rings is 1. The van der Waals surface area contributed by atoms with Crippen molar-refractivity contribution in [3.63, 3.8) is 0 Å². The third kappa shape index (κ3) is 5.46. The summed E-state index contributed by atoms with van der Waals surface area (Å²) in [5, 5.41) is 18.4. The van der Waals surface area contributed by atoms with Crippen molar-refractivity contribution in [3.8, 4) is 11.1 Å². The van der Waals surface area contributed by atoms with Gasteiger partial charge in [-0.15, -0.1) is 0 Å². The Balaban J connectivity index is 1.38. The highest BCUT2D eigenvalue weighted by Gasteiger charge is 2.30. The highest BCUT2D eigenvalue weighted by molar-refractivity contribution is 7.07. The van der Waals surface area contributed by atoms with Crippen LogP contribution in [0, 0.1) is 0 Å². The lowest BCUT2D eigenvalue weighted by Crippen LogP contribution is -2.50. The first kappa shape index (κ1) is 23.5. The van der Waals surface area contributed by atoms with E-state index in [0.717, 1.165) is 27.8 Å². The zero-order valence-electron chi connectivity index (χ0n) is 18.7. The molecule has 3 N–H and O–H groups in total. The van der Waals surface area contributed by atoms with Gasteiger partial charge in [0.2, 0.25) is 5.91 Å². The van der Waals surface area contributed by atoms with Crippen LogP contribution in [0.15, 0.2) is 65.4 Å². The van der Waals surface area contributed by atoms with E-state index < -0.39 is 30.4 Å². The lowest BCUT2D eigenvalue weighted by molar-refractivity contribution is -0.140. The number of carboxylic acids is 1. The number of carbonyl (C=O) groups excluding carboxylic acids is 2. The van der Waals surface area contributed by atoms with Gasteiger partial charge in [-0.2, -0.15) is 11.3 Å². The minimum Gasteiger partial charge on any atom is -0.481 e. The summed E-state index contributed by atoms with van der Waals surface area (Å²) < 4.78 is 5.47. The fourth-order valence-electron chi connectivity index (χ4n) is 4.32. The minimum atomic E-state index is -1.24. The van der Waals surface area contributed by atoms with Gasteiger partial charge in [0.1, 0.15) is 12.6 Å². The van der Waals surface area contributed by atoms with Gasteiger partial charge >= 0.3 is 12.1 Å². The molecule has 2 unspecified atom stereocenters. The summed E-state index contributed by atoms with van der Waals surface area (Å²) in [6.45, 7) is 1.91. The Morgan fingerprint density at radius 3 is 2.24 bits per heavy atom. The van der Waals surface area contributed by atoms with E-state index in [1.807, 2.05) is 72.3 Å². The van der Waals surface area contributed by atoms with Gasteiger partial charge in [0, 0.05) is 12.0 Å². The van der Waals surface area contributed by atoms with Crippen LogP contribution < -0.4 is 10.6 Å². The van der Waals surface area contributed by atoms with Crippen LogP contribution in [0.1, 0.15) is 36.0 Å². The third-order valence-corrected chi connectivity index (χ3v) is 6.57. The van der Waals surface area contributed by atoms with Gasteiger partial charge in [-0.3, -0.25) is 9.59 Å². The van der Waals surface area contributed by atoms with E-state index in [-0.39, 0.29) is 18.6 Å².